The van der Waals surface area contributed by atoms with Crippen molar-refractivity contribution >= 4 is 11.7 Å². The van der Waals surface area contributed by atoms with Crippen molar-refractivity contribution in [2.75, 3.05) is 25.0 Å². The summed E-state index contributed by atoms with van der Waals surface area (Å²) in [7, 11) is 2.03. The molecule has 0 bridgehead atoms. The summed E-state index contributed by atoms with van der Waals surface area (Å²) in [6, 6.07) is 10.5. The predicted octanol–water partition coefficient (Wildman–Crippen LogP) is 2.36. The number of carbonyl (C=O) groups is 1. The molecular formula is C15H23N3O. The highest BCUT2D eigenvalue weighted by Crippen LogP contribution is 2.17. The van der Waals surface area contributed by atoms with Gasteiger partial charge in [0.1, 0.15) is 0 Å². The van der Waals surface area contributed by atoms with Crippen LogP contribution in [0.2, 0.25) is 0 Å². The predicted molar refractivity (Wildman–Crippen MR) is 78.5 cm³/mol. The van der Waals surface area contributed by atoms with Crippen molar-refractivity contribution in [3.8, 4) is 0 Å². The molecule has 2 amide bonds. The second-order valence-corrected chi connectivity index (χ2v) is 5.14. The molecule has 0 saturated heterocycles. The lowest BCUT2D eigenvalue weighted by Crippen LogP contribution is -2.43. The van der Waals surface area contributed by atoms with Crippen LogP contribution in [0, 0.1) is 0 Å². The van der Waals surface area contributed by atoms with Crippen molar-refractivity contribution in [2.24, 2.45) is 0 Å². The fourth-order valence-corrected chi connectivity index (χ4v) is 2.46. The van der Waals surface area contributed by atoms with Crippen molar-refractivity contribution in [3.05, 3.63) is 30.3 Å². The highest BCUT2D eigenvalue weighted by Gasteiger charge is 2.16. The molecule has 1 aromatic carbocycles. The van der Waals surface area contributed by atoms with Crippen LogP contribution >= 0.6 is 0 Å². The molecule has 1 aliphatic rings. The summed E-state index contributed by atoms with van der Waals surface area (Å²) < 4.78 is 0. The number of hydrogen-bond acceptors (Lipinski definition) is 2. The summed E-state index contributed by atoms with van der Waals surface area (Å²) in [6.45, 7) is 1.46. The van der Waals surface area contributed by atoms with Gasteiger partial charge in [0.2, 0.25) is 0 Å². The average molecular weight is 261 g/mol. The van der Waals surface area contributed by atoms with Gasteiger partial charge in [-0.15, -0.1) is 0 Å². The average Bonchev–Trinajstić information content (AvgIpc) is 2.92. The van der Waals surface area contributed by atoms with Crippen molar-refractivity contribution in [1.29, 1.82) is 0 Å². The Hall–Kier alpha value is -1.71. The van der Waals surface area contributed by atoms with E-state index in [4.69, 9.17) is 0 Å². The lowest BCUT2D eigenvalue weighted by Gasteiger charge is -2.20. The first-order valence-corrected chi connectivity index (χ1v) is 7.06. The summed E-state index contributed by atoms with van der Waals surface area (Å²) in [5.74, 6) is 0. The van der Waals surface area contributed by atoms with E-state index in [0.717, 1.165) is 19.4 Å². The Bertz CT molecular complexity index is 388. The molecule has 2 rings (SSSR count). The normalized spacial score (nSPS) is 15.2. The molecule has 0 heterocycles. The summed E-state index contributed by atoms with van der Waals surface area (Å²) in [5, 5.41) is 5.94. The van der Waals surface area contributed by atoms with Gasteiger partial charge in [-0.1, -0.05) is 31.0 Å². The minimum Gasteiger partial charge on any atom is -0.373 e. The molecule has 2 N–H and O–H groups in total. The van der Waals surface area contributed by atoms with E-state index in [0.29, 0.717) is 12.6 Å². The second-order valence-electron chi connectivity index (χ2n) is 5.14. The molecule has 1 aliphatic carbocycles. The minimum absolute atomic E-state index is 0.0339. The molecule has 104 valence electrons. The smallest absolute Gasteiger partial charge is 0.315 e. The molecule has 4 heteroatoms. The third-order valence-corrected chi connectivity index (χ3v) is 3.62. The summed E-state index contributed by atoms with van der Waals surface area (Å²) in [4.78, 5) is 13.8. The lowest BCUT2D eigenvalue weighted by molar-refractivity contribution is 0.237. The van der Waals surface area contributed by atoms with Crippen LogP contribution in [0.5, 0.6) is 0 Å². The van der Waals surface area contributed by atoms with Crippen LogP contribution in [0.25, 0.3) is 0 Å². The number of nitrogens with zero attached hydrogens (tertiary/aromatic N) is 1. The Balaban J connectivity index is 1.64. The molecule has 0 aliphatic heterocycles. The van der Waals surface area contributed by atoms with Gasteiger partial charge in [-0.05, 0) is 25.0 Å². The first-order chi connectivity index (χ1) is 9.25. The number of anilines is 1. The Morgan fingerprint density at radius 3 is 2.63 bits per heavy atom. The molecule has 1 aromatic rings. The van der Waals surface area contributed by atoms with Crippen molar-refractivity contribution in [1.82, 2.24) is 10.6 Å². The number of likely N-dealkylation sites (N-methyl/N-ethyl adjacent to an activating group) is 1. The Morgan fingerprint density at radius 2 is 1.95 bits per heavy atom. The zero-order valence-electron chi connectivity index (χ0n) is 11.6. The van der Waals surface area contributed by atoms with Crippen LogP contribution in [-0.4, -0.2) is 32.2 Å². The fourth-order valence-electron chi connectivity index (χ4n) is 2.46. The van der Waals surface area contributed by atoms with Crippen LogP contribution in [0.1, 0.15) is 25.7 Å². The summed E-state index contributed by atoms with van der Waals surface area (Å²) in [6.07, 6.45) is 4.72. The first-order valence-electron chi connectivity index (χ1n) is 7.06. The van der Waals surface area contributed by atoms with E-state index in [1.54, 1.807) is 0 Å². The van der Waals surface area contributed by atoms with Gasteiger partial charge in [-0.3, -0.25) is 0 Å². The van der Waals surface area contributed by atoms with E-state index < -0.39 is 0 Å². The monoisotopic (exact) mass is 261 g/mol. The quantitative estimate of drug-likeness (QED) is 0.854. The van der Waals surface area contributed by atoms with Crippen LogP contribution in [-0.2, 0) is 0 Å². The maximum absolute atomic E-state index is 11.7. The SMILES string of the molecule is CN(CCNC(=O)NC1CCCC1)c1ccccc1. The minimum atomic E-state index is -0.0339. The van der Waals surface area contributed by atoms with Crippen LogP contribution < -0.4 is 15.5 Å². The number of para-hydroxylation sites is 1. The van der Waals surface area contributed by atoms with E-state index in [9.17, 15) is 4.79 Å². The first kappa shape index (κ1) is 13.7. The standard InChI is InChI=1S/C15H23N3O/c1-18(14-9-3-2-4-10-14)12-11-16-15(19)17-13-7-5-6-8-13/h2-4,9-10,13H,5-8,11-12H2,1H3,(H2,16,17,19). The number of benzene rings is 1. The molecule has 19 heavy (non-hydrogen) atoms. The third-order valence-electron chi connectivity index (χ3n) is 3.62. The number of rotatable bonds is 5. The fraction of sp³-hybridized carbons (Fsp3) is 0.533. The molecule has 0 aromatic heterocycles. The Labute approximate surface area is 115 Å². The van der Waals surface area contributed by atoms with Gasteiger partial charge >= 0.3 is 6.03 Å². The molecule has 0 radical (unpaired) electrons. The Kier molecular flexibility index (Phi) is 5.07. The molecular weight excluding hydrogens is 238 g/mol. The van der Waals surface area contributed by atoms with E-state index >= 15 is 0 Å². The largest absolute Gasteiger partial charge is 0.373 e. The molecule has 0 unspecified atom stereocenters. The van der Waals surface area contributed by atoms with E-state index in [1.807, 2.05) is 25.2 Å². The lowest BCUT2D eigenvalue weighted by atomic mass is 10.2. The Morgan fingerprint density at radius 1 is 1.26 bits per heavy atom. The number of nitrogens with one attached hydrogen (secondary N) is 2. The zero-order chi connectivity index (χ0) is 13.5. The third kappa shape index (κ3) is 4.47. The van der Waals surface area contributed by atoms with Crippen LogP contribution in [0.15, 0.2) is 30.3 Å². The maximum atomic E-state index is 11.7. The van der Waals surface area contributed by atoms with E-state index in [1.165, 1.54) is 18.5 Å². The van der Waals surface area contributed by atoms with Crippen LogP contribution in [0.3, 0.4) is 0 Å². The van der Waals surface area contributed by atoms with Gasteiger partial charge < -0.3 is 15.5 Å². The van der Waals surface area contributed by atoms with Gasteiger partial charge in [-0.2, -0.15) is 0 Å². The van der Waals surface area contributed by atoms with Crippen LogP contribution in [0.4, 0.5) is 10.5 Å². The zero-order valence-corrected chi connectivity index (χ0v) is 11.6. The van der Waals surface area contributed by atoms with Gasteiger partial charge in [0.15, 0.2) is 0 Å². The number of amides is 2. The van der Waals surface area contributed by atoms with Gasteiger partial charge in [0.05, 0.1) is 0 Å². The highest BCUT2D eigenvalue weighted by molar-refractivity contribution is 5.74. The number of carbonyl (C=O) groups excluding carboxylic acids is 1. The summed E-state index contributed by atoms with van der Waals surface area (Å²) >= 11 is 0. The van der Waals surface area contributed by atoms with Crippen molar-refractivity contribution < 1.29 is 4.79 Å². The number of urea groups is 1. The number of hydrogen-bond donors (Lipinski definition) is 2. The van der Waals surface area contributed by atoms with E-state index in [-0.39, 0.29) is 6.03 Å². The topological polar surface area (TPSA) is 44.4 Å². The molecule has 1 saturated carbocycles. The van der Waals surface area contributed by atoms with Gasteiger partial charge in [-0.25, -0.2) is 4.79 Å². The van der Waals surface area contributed by atoms with Crippen molar-refractivity contribution in [2.45, 2.75) is 31.7 Å². The maximum Gasteiger partial charge on any atom is 0.315 e. The molecule has 0 spiro atoms. The van der Waals surface area contributed by atoms with E-state index in [2.05, 4.69) is 27.7 Å². The molecule has 4 nitrogen and oxygen atoms in total. The molecule has 1 fully saturated rings. The second kappa shape index (κ2) is 7.02. The van der Waals surface area contributed by atoms with Gasteiger partial charge in [0, 0.05) is 31.9 Å². The summed E-state index contributed by atoms with van der Waals surface area (Å²) in [5.41, 5.74) is 1.17. The highest BCUT2D eigenvalue weighted by atomic mass is 16.2. The molecule has 0 atom stereocenters. The van der Waals surface area contributed by atoms with Gasteiger partial charge in [0.25, 0.3) is 0 Å². The van der Waals surface area contributed by atoms with Crippen molar-refractivity contribution in [3.63, 3.8) is 0 Å².